The number of amides is 1. The van der Waals surface area contributed by atoms with Crippen molar-refractivity contribution in [2.75, 3.05) is 0 Å². The molecule has 40 heavy (non-hydrogen) atoms. The van der Waals surface area contributed by atoms with Gasteiger partial charge in [-0.05, 0) is 74.8 Å². The molecule has 0 radical (unpaired) electrons. The molecule has 8 heteroatoms. The fraction of sp³-hybridized carbons (Fsp3) is 0.344. The van der Waals surface area contributed by atoms with E-state index in [0.29, 0.717) is 39.7 Å². The Bertz CT molecular complexity index is 1560. The van der Waals surface area contributed by atoms with Crippen LogP contribution in [0.3, 0.4) is 0 Å². The molecule has 5 rings (SSSR count). The van der Waals surface area contributed by atoms with Crippen LogP contribution in [0.5, 0.6) is 0 Å². The summed E-state index contributed by atoms with van der Waals surface area (Å²) < 4.78 is 1.72. The van der Waals surface area contributed by atoms with Gasteiger partial charge in [-0.1, -0.05) is 55.8 Å². The Hall–Kier alpha value is -3.26. The third kappa shape index (κ3) is 5.64. The molecule has 2 aromatic heterocycles. The van der Waals surface area contributed by atoms with E-state index in [1.165, 1.54) is 11.3 Å². The van der Waals surface area contributed by atoms with E-state index in [1.807, 2.05) is 54.8 Å². The number of aliphatic hydroxyl groups is 1. The van der Waals surface area contributed by atoms with Gasteiger partial charge in [0.05, 0.1) is 28.6 Å². The molecule has 6 nitrogen and oxygen atoms in total. The van der Waals surface area contributed by atoms with Crippen molar-refractivity contribution in [3.8, 4) is 27.5 Å². The van der Waals surface area contributed by atoms with Crippen LogP contribution in [0.1, 0.15) is 66.7 Å². The van der Waals surface area contributed by atoms with Gasteiger partial charge in [-0.15, -0.1) is 11.3 Å². The largest absolute Gasteiger partial charge is 0.393 e. The lowest BCUT2D eigenvalue weighted by atomic mass is 9.93. The van der Waals surface area contributed by atoms with Crippen LogP contribution in [0.2, 0.25) is 5.02 Å². The predicted octanol–water partition coefficient (Wildman–Crippen LogP) is 6.75. The second-order valence-corrected chi connectivity index (χ2v) is 11.6. The van der Waals surface area contributed by atoms with E-state index in [1.54, 1.807) is 10.6 Å². The van der Waals surface area contributed by atoms with Crippen molar-refractivity contribution in [1.29, 1.82) is 0 Å². The Morgan fingerprint density at radius 2 is 1.73 bits per heavy atom. The highest BCUT2D eigenvalue weighted by atomic mass is 35.5. The maximum atomic E-state index is 14.3. The molecule has 0 unspecified atom stereocenters. The summed E-state index contributed by atoms with van der Waals surface area (Å²) in [4.78, 5) is 32.8. The average Bonchev–Trinajstić information content (AvgIpc) is 3.44. The molecule has 1 saturated carbocycles. The van der Waals surface area contributed by atoms with Gasteiger partial charge in [0.2, 0.25) is 0 Å². The molecule has 1 aliphatic carbocycles. The van der Waals surface area contributed by atoms with Crippen LogP contribution in [0.25, 0.3) is 27.5 Å². The maximum Gasteiger partial charge on any atom is 0.265 e. The first-order chi connectivity index (χ1) is 19.3. The van der Waals surface area contributed by atoms with Crippen LogP contribution in [0.4, 0.5) is 0 Å². The molecular formula is C32H34ClN3O3S. The fourth-order valence-corrected chi connectivity index (χ4v) is 6.45. The van der Waals surface area contributed by atoms with Crippen LogP contribution in [-0.4, -0.2) is 32.7 Å². The molecule has 2 heterocycles. The average molecular weight is 576 g/mol. The summed E-state index contributed by atoms with van der Waals surface area (Å²) in [7, 11) is 0. The number of aryl methyl sites for hydroxylation is 2. The number of aromatic nitrogens is 2. The summed E-state index contributed by atoms with van der Waals surface area (Å²) in [6.07, 6.45) is 4.01. The third-order valence-corrected chi connectivity index (χ3v) is 8.91. The quantitative estimate of drug-likeness (QED) is 0.255. The van der Waals surface area contributed by atoms with Crippen LogP contribution in [0, 0.1) is 6.92 Å². The van der Waals surface area contributed by atoms with Gasteiger partial charge in [0, 0.05) is 27.7 Å². The molecule has 1 amide bonds. The normalized spacial score (nSPS) is 17.1. The standard InChI is InChI=1S/C32H34ClN3O3S/c1-4-20-7-6-8-21(5-2)29(20)36-19(3)26(30(38)34-24-13-15-25(37)16-14-24)17-27(32(36)39)31-35-28(18-40-31)22-9-11-23(33)12-10-22/h6-12,17-18,24-25,37H,4-5,13-16H2,1-3H3,(H,34,38). The van der Waals surface area contributed by atoms with Crippen LogP contribution >= 0.6 is 22.9 Å². The summed E-state index contributed by atoms with van der Waals surface area (Å²) in [6.45, 7) is 6.00. The zero-order valence-electron chi connectivity index (χ0n) is 23.0. The second kappa shape index (κ2) is 12.1. The number of para-hydroxylation sites is 1. The summed E-state index contributed by atoms with van der Waals surface area (Å²) in [5.41, 5.74) is 5.87. The van der Waals surface area contributed by atoms with Gasteiger partial charge in [0.15, 0.2) is 0 Å². The smallest absolute Gasteiger partial charge is 0.265 e. The molecule has 0 aliphatic heterocycles. The number of aliphatic hydroxyl groups excluding tert-OH is 1. The predicted molar refractivity (Wildman–Crippen MR) is 163 cm³/mol. The number of carbonyl (C=O) groups is 1. The lowest BCUT2D eigenvalue weighted by Crippen LogP contribution is -2.39. The Labute approximate surface area is 243 Å². The van der Waals surface area contributed by atoms with Crippen molar-refractivity contribution >= 4 is 28.8 Å². The summed E-state index contributed by atoms with van der Waals surface area (Å²) in [6, 6.07) is 15.2. The summed E-state index contributed by atoms with van der Waals surface area (Å²) in [5.74, 6) is -0.213. The van der Waals surface area contributed by atoms with E-state index in [4.69, 9.17) is 16.6 Å². The Morgan fingerprint density at radius 3 is 2.35 bits per heavy atom. The van der Waals surface area contributed by atoms with Crippen LogP contribution in [-0.2, 0) is 12.8 Å². The van der Waals surface area contributed by atoms with Crippen molar-refractivity contribution in [3.63, 3.8) is 0 Å². The van der Waals surface area contributed by atoms with Crippen molar-refractivity contribution < 1.29 is 9.90 Å². The molecule has 2 aromatic carbocycles. The number of nitrogens with one attached hydrogen (secondary N) is 1. The molecule has 0 bridgehead atoms. The van der Waals surface area contributed by atoms with Gasteiger partial charge >= 0.3 is 0 Å². The van der Waals surface area contributed by atoms with Gasteiger partial charge in [0.25, 0.3) is 11.5 Å². The fourth-order valence-electron chi connectivity index (χ4n) is 5.49. The number of hydrogen-bond acceptors (Lipinski definition) is 5. The topological polar surface area (TPSA) is 84.2 Å². The van der Waals surface area contributed by atoms with Crippen molar-refractivity contribution in [1.82, 2.24) is 14.9 Å². The molecule has 1 fully saturated rings. The lowest BCUT2D eigenvalue weighted by Gasteiger charge is -2.27. The van der Waals surface area contributed by atoms with Gasteiger partial charge < -0.3 is 10.4 Å². The monoisotopic (exact) mass is 575 g/mol. The molecule has 0 saturated heterocycles. The summed E-state index contributed by atoms with van der Waals surface area (Å²) in [5, 5.41) is 16.2. The zero-order chi connectivity index (χ0) is 28.4. The van der Waals surface area contributed by atoms with E-state index >= 15 is 0 Å². The first-order valence-electron chi connectivity index (χ1n) is 13.9. The number of hydrogen-bond donors (Lipinski definition) is 2. The zero-order valence-corrected chi connectivity index (χ0v) is 24.6. The molecule has 2 N–H and O–H groups in total. The first-order valence-corrected chi connectivity index (χ1v) is 15.1. The SMILES string of the molecule is CCc1cccc(CC)c1-n1c(C)c(C(=O)NC2CCC(O)CC2)cc(-c2nc(-c3ccc(Cl)cc3)cs2)c1=O. The van der Waals surface area contributed by atoms with E-state index in [9.17, 15) is 14.7 Å². The van der Waals surface area contributed by atoms with Gasteiger partial charge in [-0.2, -0.15) is 0 Å². The molecule has 0 spiro atoms. The van der Waals surface area contributed by atoms with Crippen molar-refractivity contribution in [2.45, 2.75) is 71.4 Å². The van der Waals surface area contributed by atoms with Crippen molar-refractivity contribution in [2.24, 2.45) is 0 Å². The molecule has 208 valence electrons. The third-order valence-electron chi connectivity index (χ3n) is 7.79. The molecule has 0 atom stereocenters. The minimum absolute atomic E-state index is 0.00960. The number of halogens is 1. The molecule has 1 aliphatic rings. The number of nitrogens with zero attached hydrogens (tertiary/aromatic N) is 2. The Balaban J connectivity index is 1.67. The van der Waals surface area contributed by atoms with Crippen LogP contribution in [0.15, 0.2) is 58.7 Å². The van der Waals surface area contributed by atoms with Gasteiger partial charge in [0.1, 0.15) is 5.01 Å². The minimum atomic E-state index is -0.304. The summed E-state index contributed by atoms with van der Waals surface area (Å²) >= 11 is 7.46. The Kier molecular flexibility index (Phi) is 8.54. The van der Waals surface area contributed by atoms with E-state index < -0.39 is 0 Å². The highest BCUT2D eigenvalue weighted by Crippen LogP contribution is 2.31. The minimum Gasteiger partial charge on any atom is -0.393 e. The van der Waals surface area contributed by atoms with Gasteiger partial charge in [-0.25, -0.2) is 4.98 Å². The number of thiazole rings is 1. The maximum absolute atomic E-state index is 14.3. The second-order valence-electron chi connectivity index (χ2n) is 10.4. The van der Waals surface area contributed by atoms with E-state index in [2.05, 4.69) is 19.2 Å². The molecule has 4 aromatic rings. The lowest BCUT2D eigenvalue weighted by molar-refractivity contribution is 0.0866. The van der Waals surface area contributed by atoms with Crippen LogP contribution < -0.4 is 10.9 Å². The highest BCUT2D eigenvalue weighted by Gasteiger charge is 2.26. The highest BCUT2D eigenvalue weighted by molar-refractivity contribution is 7.13. The Morgan fingerprint density at radius 1 is 1.07 bits per heavy atom. The van der Waals surface area contributed by atoms with Gasteiger partial charge in [-0.3, -0.25) is 14.2 Å². The van der Waals surface area contributed by atoms with Crippen molar-refractivity contribution in [3.05, 3.63) is 91.7 Å². The first kappa shape index (κ1) is 28.3. The number of benzene rings is 2. The number of rotatable bonds is 7. The van der Waals surface area contributed by atoms with E-state index in [0.717, 1.165) is 53.8 Å². The van der Waals surface area contributed by atoms with E-state index in [-0.39, 0.29) is 23.6 Å². The molecular weight excluding hydrogens is 542 g/mol. The number of carbonyl (C=O) groups excluding carboxylic acids is 1. The number of pyridine rings is 1.